The lowest BCUT2D eigenvalue weighted by molar-refractivity contribution is -0.113. The molecule has 0 radical (unpaired) electrons. The van der Waals surface area contributed by atoms with E-state index in [-0.39, 0.29) is 11.7 Å². The number of fused-ring (bicyclic) bond motifs is 1. The molecule has 5 rings (SSSR count). The zero-order valence-electron chi connectivity index (χ0n) is 17.6. The van der Waals surface area contributed by atoms with E-state index >= 15 is 0 Å². The van der Waals surface area contributed by atoms with Crippen molar-refractivity contribution in [1.82, 2.24) is 19.7 Å². The van der Waals surface area contributed by atoms with Gasteiger partial charge in [-0.1, -0.05) is 77.2 Å². The first-order valence-corrected chi connectivity index (χ1v) is 12.4. The van der Waals surface area contributed by atoms with Gasteiger partial charge in [0.05, 0.1) is 21.7 Å². The molecule has 2 aromatic heterocycles. The highest BCUT2D eigenvalue weighted by molar-refractivity contribution is 7.99. The molecule has 0 fully saturated rings. The Bertz CT molecular complexity index is 1430. The lowest BCUT2D eigenvalue weighted by Crippen LogP contribution is -2.14. The molecule has 7 nitrogen and oxygen atoms in total. The van der Waals surface area contributed by atoms with E-state index in [4.69, 9.17) is 11.6 Å². The first-order valence-electron chi connectivity index (χ1n) is 10.2. The minimum Gasteiger partial charge on any atom is -0.301 e. The molecular weight excluding hydrogens is 488 g/mol. The van der Waals surface area contributed by atoms with E-state index in [9.17, 15) is 4.79 Å². The van der Waals surface area contributed by atoms with Crippen LogP contribution in [0.25, 0.3) is 15.9 Å². The summed E-state index contributed by atoms with van der Waals surface area (Å²) in [5.74, 6) is 0.398. The zero-order chi connectivity index (χ0) is 23.3. The highest BCUT2D eigenvalue weighted by atomic mass is 35.5. The monoisotopic (exact) mass is 504 g/mol. The number of anilines is 1. The van der Waals surface area contributed by atoms with Crippen LogP contribution < -0.4 is 5.32 Å². The Balaban J connectivity index is 1.34. The molecule has 0 aliphatic carbocycles. The molecular formula is C24H17ClN6OS2. The van der Waals surface area contributed by atoms with Gasteiger partial charge < -0.3 is 5.32 Å². The topological polar surface area (TPSA) is 85.1 Å². The minimum atomic E-state index is -0.169. The number of benzene rings is 3. The molecule has 0 atom stereocenters. The van der Waals surface area contributed by atoms with Gasteiger partial charge in [0, 0.05) is 11.2 Å². The smallest absolute Gasteiger partial charge is 0.256 e. The van der Waals surface area contributed by atoms with Crippen molar-refractivity contribution in [3.8, 4) is 5.69 Å². The number of hydrogen-bond acceptors (Lipinski definition) is 7. The summed E-state index contributed by atoms with van der Waals surface area (Å²) in [7, 11) is 0. The van der Waals surface area contributed by atoms with Crippen molar-refractivity contribution in [3.63, 3.8) is 0 Å². The van der Waals surface area contributed by atoms with Gasteiger partial charge >= 0.3 is 0 Å². The Morgan fingerprint density at radius 2 is 1.79 bits per heavy atom. The van der Waals surface area contributed by atoms with Crippen LogP contribution in [0, 0.1) is 0 Å². The van der Waals surface area contributed by atoms with Gasteiger partial charge in [0.1, 0.15) is 0 Å². The second-order valence-corrected chi connectivity index (χ2v) is 9.50. The molecule has 0 spiro atoms. The number of hydrogen-bond donors (Lipinski definition) is 1. The number of halogens is 1. The van der Waals surface area contributed by atoms with Crippen LogP contribution in [0.5, 0.6) is 0 Å². The lowest BCUT2D eigenvalue weighted by Gasteiger charge is -2.07. The van der Waals surface area contributed by atoms with E-state index in [0.717, 1.165) is 21.5 Å². The maximum absolute atomic E-state index is 12.6. The maximum Gasteiger partial charge on any atom is 0.256 e. The third-order valence-corrected chi connectivity index (χ3v) is 6.84. The summed E-state index contributed by atoms with van der Waals surface area (Å²) < 4.78 is 2.85. The highest BCUT2D eigenvalue weighted by Crippen LogP contribution is 2.28. The standard InChI is InChI=1S/C24H17ClN6OS2/c25-17-12-10-16(11-13-17)14-26-22-29-30-24(31(22)18-6-2-1-3-7-18)33-15-21(32)28-23-27-19-8-4-5-9-20(19)34-23/h1-14H,15H2,(H,27,28,32)/b26-14+. The van der Waals surface area contributed by atoms with Crippen LogP contribution in [0.1, 0.15) is 5.56 Å². The number of rotatable bonds is 7. The highest BCUT2D eigenvalue weighted by Gasteiger charge is 2.16. The van der Waals surface area contributed by atoms with Crippen LogP contribution in [0.2, 0.25) is 5.02 Å². The molecule has 5 aromatic rings. The number of thiazole rings is 1. The lowest BCUT2D eigenvalue weighted by atomic mass is 10.2. The SMILES string of the molecule is O=C(CSc1nnc(/N=C/c2ccc(Cl)cc2)n1-c1ccccc1)Nc1nc2ccccc2s1. The number of aliphatic imine (C=N–C) groups is 1. The number of nitrogens with one attached hydrogen (secondary N) is 1. The predicted molar refractivity (Wildman–Crippen MR) is 139 cm³/mol. The summed E-state index contributed by atoms with van der Waals surface area (Å²) in [5.41, 5.74) is 2.60. The molecule has 0 saturated carbocycles. The van der Waals surface area contributed by atoms with Gasteiger partial charge in [-0.25, -0.2) is 9.98 Å². The third kappa shape index (κ3) is 5.17. The fraction of sp³-hybridized carbons (Fsp3) is 0.0417. The van der Waals surface area contributed by atoms with Gasteiger partial charge in [-0.15, -0.1) is 10.2 Å². The summed E-state index contributed by atoms with van der Waals surface area (Å²) in [5, 5.41) is 13.2. The summed E-state index contributed by atoms with van der Waals surface area (Å²) in [6.07, 6.45) is 1.70. The molecule has 34 heavy (non-hydrogen) atoms. The number of para-hydroxylation sites is 2. The number of carbonyl (C=O) groups is 1. The van der Waals surface area contributed by atoms with Crippen LogP contribution >= 0.6 is 34.7 Å². The average Bonchev–Trinajstić information content (AvgIpc) is 3.46. The Labute approximate surface area is 208 Å². The molecule has 3 aromatic carbocycles. The molecule has 2 heterocycles. The largest absolute Gasteiger partial charge is 0.301 e. The number of carbonyl (C=O) groups excluding carboxylic acids is 1. The van der Waals surface area contributed by atoms with Gasteiger partial charge in [0.2, 0.25) is 5.91 Å². The van der Waals surface area contributed by atoms with Crippen LogP contribution in [-0.2, 0) is 4.79 Å². The Hall–Kier alpha value is -3.53. The predicted octanol–water partition coefficient (Wildman–Crippen LogP) is 6.01. The fourth-order valence-corrected chi connectivity index (χ4v) is 4.89. The van der Waals surface area contributed by atoms with Crippen molar-refractivity contribution in [1.29, 1.82) is 0 Å². The van der Waals surface area contributed by atoms with Crippen molar-refractivity contribution < 1.29 is 4.79 Å². The second-order valence-electron chi connectivity index (χ2n) is 7.09. The van der Waals surface area contributed by atoms with E-state index in [0.29, 0.717) is 21.3 Å². The molecule has 0 aliphatic rings. The van der Waals surface area contributed by atoms with E-state index in [1.807, 2.05) is 71.3 Å². The number of thioether (sulfide) groups is 1. The van der Waals surface area contributed by atoms with Gasteiger partial charge in [0.15, 0.2) is 10.3 Å². The molecule has 1 amide bonds. The normalized spacial score (nSPS) is 11.3. The van der Waals surface area contributed by atoms with Crippen molar-refractivity contribution in [2.75, 3.05) is 11.1 Å². The van der Waals surface area contributed by atoms with Crippen molar-refractivity contribution in [3.05, 3.63) is 89.4 Å². The van der Waals surface area contributed by atoms with E-state index in [1.165, 1.54) is 23.1 Å². The molecule has 0 bridgehead atoms. The van der Waals surface area contributed by atoms with Crippen LogP contribution in [-0.4, -0.2) is 37.6 Å². The summed E-state index contributed by atoms with van der Waals surface area (Å²) in [6, 6.07) is 24.8. The van der Waals surface area contributed by atoms with Gasteiger partial charge in [-0.3, -0.25) is 9.36 Å². The Kier molecular flexibility index (Phi) is 6.66. The molecule has 0 saturated heterocycles. The summed E-state index contributed by atoms with van der Waals surface area (Å²) >= 11 is 8.69. The summed E-state index contributed by atoms with van der Waals surface area (Å²) in [6.45, 7) is 0. The number of amides is 1. The summed E-state index contributed by atoms with van der Waals surface area (Å²) in [4.78, 5) is 21.6. The minimum absolute atomic E-state index is 0.155. The molecule has 0 aliphatic heterocycles. The van der Waals surface area contributed by atoms with Crippen LogP contribution in [0.3, 0.4) is 0 Å². The van der Waals surface area contributed by atoms with Crippen molar-refractivity contribution in [2.45, 2.75) is 5.16 Å². The molecule has 1 N–H and O–H groups in total. The van der Waals surface area contributed by atoms with E-state index in [1.54, 1.807) is 18.3 Å². The third-order valence-electron chi connectivity index (χ3n) is 4.70. The van der Waals surface area contributed by atoms with Gasteiger partial charge in [-0.05, 0) is 42.0 Å². The Morgan fingerprint density at radius 1 is 1.03 bits per heavy atom. The quantitative estimate of drug-likeness (QED) is 0.216. The maximum atomic E-state index is 12.6. The number of nitrogens with zero attached hydrogens (tertiary/aromatic N) is 5. The molecule has 0 unspecified atom stereocenters. The van der Waals surface area contributed by atoms with E-state index in [2.05, 4.69) is 25.5 Å². The van der Waals surface area contributed by atoms with Gasteiger partial charge in [0.25, 0.3) is 5.95 Å². The average molecular weight is 505 g/mol. The molecule has 10 heteroatoms. The second kappa shape index (κ2) is 10.2. The van der Waals surface area contributed by atoms with Crippen LogP contribution in [0.4, 0.5) is 11.1 Å². The number of aromatic nitrogens is 4. The zero-order valence-corrected chi connectivity index (χ0v) is 20.0. The molecule has 168 valence electrons. The Morgan fingerprint density at radius 3 is 2.59 bits per heavy atom. The first-order chi connectivity index (χ1) is 16.7. The van der Waals surface area contributed by atoms with Crippen molar-refractivity contribution in [2.24, 2.45) is 4.99 Å². The van der Waals surface area contributed by atoms with Crippen LogP contribution in [0.15, 0.2) is 89.0 Å². The van der Waals surface area contributed by atoms with Gasteiger partial charge in [-0.2, -0.15) is 0 Å². The van der Waals surface area contributed by atoms with E-state index < -0.39 is 0 Å². The van der Waals surface area contributed by atoms with Crippen molar-refractivity contribution >= 4 is 68.1 Å². The fourth-order valence-electron chi connectivity index (χ4n) is 3.13. The first kappa shape index (κ1) is 22.3.